The van der Waals surface area contributed by atoms with Gasteiger partial charge in [0.15, 0.2) is 0 Å². The SMILES string of the molecule is CSCCC(=O)Nc1ccc(Br)c(C)n1. The highest BCUT2D eigenvalue weighted by Gasteiger charge is 2.03. The molecule has 0 atom stereocenters. The number of pyridine rings is 1. The molecule has 0 fully saturated rings. The molecule has 0 aliphatic carbocycles. The van der Waals surface area contributed by atoms with Crippen LogP contribution in [-0.4, -0.2) is 22.9 Å². The van der Waals surface area contributed by atoms with E-state index < -0.39 is 0 Å². The first-order valence-electron chi connectivity index (χ1n) is 4.55. The molecule has 1 aromatic heterocycles. The summed E-state index contributed by atoms with van der Waals surface area (Å²) in [7, 11) is 0. The molecule has 0 radical (unpaired) electrons. The van der Waals surface area contributed by atoms with Gasteiger partial charge in [0.2, 0.25) is 5.91 Å². The first-order valence-corrected chi connectivity index (χ1v) is 6.74. The smallest absolute Gasteiger partial charge is 0.226 e. The molecule has 0 saturated heterocycles. The summed E-state index contributed by atoms with van der Waals surface area (Å²) in [4.78, 5) is 15.6. The topological polar surface area (TPSA) is 42.0 Å². The summed E-state index contributed by atoms with van der Waals surface area (Å²) in [6, 6.07) is 3.67. The maximum absolute atomic E-state index is 11.4. The van der Waals surface area contributed by atoms with Gasteiger partial charge in [0.05, 0.1) is 5.69 Å². The standard InChI is InChI=1S/C10H13BrN2OS/c1-7-8(11)3-4-9(12-7)13-10(14)5-6-15-2/h3-4H,5-6H2,1-2H3,(H,12,13,14). The van der Waals surface area contributed by atoms with E-state index in [-0.39, 0.29) is 5.91 Å². The lowest BCUT2D eigenvalue weighted by molar-refractivity contribution is -0.115. The van der Waals surface area contributed by atoms with Crippen LogP contribution >= 0.6 is 27.7 Å². The minimum absolute atomic E-state index is 0.0126. The van der Waals surface area contributed by atoms with Crippen molar-refractivity contribution in [2.24, 2.45) is 0 Å². The lowest BCUT2D eigenvalue weighted by Gasteiger charge is -2.05. The van der Waals surface area contributed by atoms with Crippen molar-refractivity contribution in [3.05, 3.63) is 22.3 Å². The molecule has 1 N–H and O–H groups in total. The zero-order valence-corrected chi connectivity index (χ0v) is 11.1. The van der Waals surface area contributed by atoms with Crippen LogP contribution in [0.2, 0.25) is 0 Å². The molecule has 1 amide bonds. The number of thioether (sulfide) groups is 1. The number of aryl methyl sites for hydroxylation is 1. The number of rotatable bonds is 4. The fraction of sp³-hybridized carbons (Fsp3) is 0.400. The van der Waals surface area contributed by atoms with Crippen molar-refractivity contribution >= 4 is 39.4 Å². The van der Waals surface area contributed by atoms with Gasteiger partial charge in [-0.15, -0.1) is 0 Å². The van der Waals surface area contributed by atoms with E-state index in [1.54, 1.807) is 17.8 Å². The zero-order valence-electron chi connectivity index (χ0n) is 8.71. The number of amides is 1. The van der Waals surface area contributed by atoms with Crippen LogP contribution in [0.3, 0.4) is 0 Å². The number of nitrogens with zero attached hydrogens (tertiary/aromatic N) is 1. The first kappa shape index (κ1) is 12.5. The second-order valence-electron chi connectivity index (χ2n) is 3.05. The largest absolute Gasteiger partial charge is 0.311 e. The summed E-state index contributed by atoms with van der Waals surface area (Å²) in [5.74, 6) is 1.46. The van der Waals surface area contributed by atoms with Crippen LogP contribution in [0.15, 0.2) is 16.6 Å². The van der Waals surface area contributed by atoms with Gasteiger partial charge in [-0.25, -0.2) is 4.98 Å². The Morgan fingerprint density at radius 2 is 2.33 bits per heavy atom. The molecule has 0 aliphatic rings. The third-order valence-corrected chi connectivity index (χ3v) is 3.27. The molecule has 1 heterocycles. The van der Waals surface area contributed by atoms with Crippen molar-refractivity contribution in [2.75, 3.05) is 17.3 Å². The Labute approximate surface area is 102 Å². The predicted octanol–water partition coefficient (Wildman–Crippen LogP) is 2.84. The van der Waals surface area contributed by atoms with Crippen LogP contribution in [0.4, 0.5) is 5.82 Å². The molecule has 0 aliphatic heterocycles. The van der Waals surface area contributed by atoms with Gasteiger partial charge in [-0.1, -0.05) is 0 Å². The summed E-state index contributed by atoms with van der Waals surface area (Å²) < 4.78 is 0.949. The van der Waals surface area contributed by atoms with Crippen LogP contribution in [0, 0.1) is 6.92 Å². The molecular weight excluding hydrogens is 276 g/mol. The predicted molar refractivity (Wildman–Crippen MR) is 68.3 cm³/mol. The van der Waals surface area contributed by atoms with Crippen LogP contribution in [0.5, 0.6) is 0 Å². The number of hydrogen-bond acceptors (Lipinski definition) is 3. The summed E-state index contributed by atoms with van der Waals surface area (Å²) >= 11 is 5.02. The normalized spacial score (nSPS) is 10.1. The Kier molecular flexibility index (Phi) is 5.11. The summed E-state index contributed by atoms with van der Waals surface area (Å²) in [5, 5.41) is 2.76. The van der Waals surface area contributed by atoms with E-state index in [1.165, 1.54) is 0 Å². The van der Waals surface area contributed by atoms with E-state index >= 15 is 0 Å². The Morgan fingerprint density at radius 3 is 2.93 bits per heavy atom. The summed E-state index contributed by atoms with van der Waals surface area (Å²) in [5.41, 5.74) is 0.873. The molecule has 1 aromatic rings. The maximum atomic E-state index is 11.4. The van der Waals surface area contributed by atoms with Gasteiger partial charge in [0.1, 0.15) is 5.82 Å². The molecular formula is C10H13BrN2OS. The van der Waals surface area contributed by atoms with E-state index in [9.17, 15) is 4.79 Å². The van der Waals surface area contributed by atoms with E-state index in [1.807, 2.05) is 19.2 Å². The molecule has 1 rings (SSSR count). The lowest BCUT2D eigenvalue weighted by Crippen LogP contribution is -2.13. The number of anilines is 1. The van der Waals surface area contributed by atoms with Crippen molar-refractivity contribution in [1.82, 2.24) is 4.98 Å². The minimum Gasteiger partial charge on any atom is -0.311 e. The average Bonchev–Trinajstić information content (AvgIpc) is 2.20. The number of hydrogen-bond donors (Lipinski definition) is 1. The third kappa shape index (κ3) is 4.22. The summed E-state index contributed by atoms with van der Waals surface area (Å²) in [6.45, 7) is 1.89. The second kappa shape index (κ2) is 6.12. The van der Waals surface area contributed by atoms with Crippen molar-refractivity contribution in [1.29, 1.82) is 0 Å². The molecule has 5 heteroatoms. The number of halogens is 1. The van der Waals surface area contributed by atoms with Gasteiger partial charge < -0.3 is 5.32 Å². The van der Waals surface area contributed by atoms with Crippen molar-refractivity contribution in [3.63, 3.8) is 0 Å². The number of carbonyl (C=O) groups is 1. The van der Waals surface area contributed by atoms with Crippen LogP contribution in [-0.2, 0) is 4.79 Å². The number of carbonyl (C=O) groups excluding carboxylic acids is 1. The second-order valence-corrected chi connectivity index (χ2v) is 4.89. The molecule has 15 heavy (non-hydrogen) atoms. The van der Waals surface area contributed by atoms with Crippen molar-refractivity contribution < 1.29 is 4.79 Å². The van der Waals surface area contributed by atoms with Gasteiger partial charge in [-0.2, -0.15) is 11.8 Å². The minimum atomic E-state index is 0.0126. The number of nitrogens with one attached hydrogen (secondary N) is 1. The van der Waals surface area contributed by atoms with Gasteiger partial charge in [-0.3, -0.25) is 4.79 Å². The molecule has 0 aromatic carbocycles. The molecule has 0 spiro atoms. The highest BCUT2D eigenvalue weighted by atomic mass is 79.9. The Morgan fingerprint density at radius 1 is 1.60 bits per heavy atom. The van der Waals surface area contributed by atoms with Gasteiger partial charge in [-0.05, 0) is 41.2 Å². The van der Waals surface area contributed by atoms with Crippen molar-refractivity contribution in [3.8, 4) is 0 Å². The fourth-order valence-corrected chi connectivity index (χ4v) is 1.62. The van der Waals surface area contributed by atoms with Crippen LogP contribution in [0.25, 0.3) is 0 Å². The molecule has 0 bridgehead atoms. The highest BCUT2D eigenvalue weighted by molar-refractivity contribution is 9.10. The van der Waals surface area contributed by atoms with Crippen LogP contribution < -0.4 is 5.32 Å². The average molecular weight is 289 g/mol. The Bertz CT molecular complexity index is 357. The fourth-order valence-electron chi connectivity index (χ4n) is 1.01. The molecule has 0 saturated carbocycles. The van der Waals surface area contributed by atoms with E-state index in [0.29, 0.717) is 12.2 Å². The molecule has 82 valence electrons. The molecule has 0 unspecified atom stereocenters. The van der Waals surface area contributed by atoms with Gasteiger partial charge in [0.25, 0.3) is 0 Å². The number of aromatic nitrogens is 1. The van der Waals surface area contributed by atoms with Crippen molar-refractivity contribution in [2.45, 2.75) is 13.3 Å². The molecule has 3 nitrogen and oxygen atoms in total. The first-order chi connectivity index (χ1) is 7.13. The Balaban J connectivity index is 2.57. The van der Waals surface area contributed by atoms with E-state index in [2.05, 4.69) is 26.2 Å². The Hall–Kier alpha value is -0.550. The van der Waals surface area contributed by atoms with Gasteiger partial charge >= 0.3 is 0 Å². The quantitative estimate of drug-likeness (QED) is 0.926. The zero-order chi connectivity index (χ0) is 11.3. The van der Waals surface area contributed by atoms with E-state index in [0.717, 1.165) is 15.9 Å². The lowest BCUT2D eigenvalue weighted by atomic mass is 10.3. The maximum Gasteiger partial charge on any atom is 0.226 e. The van der Waals surface area contributed by atoms with Gasteiger partial charge in [0, 0.05) is 16.6 Å². The third-order valence-electron chi connectivity index (χ3n) is 1.82. The van der Waals surface area contributed by atoms with Crippen LogP contribution in [0.1, 0.15) is 12.1 Å². The monoisotopic (exact) mass is 288 g/mol. The highest BCUT2D eigenvalue weighted by Crippen LogP contribution is 2.16. The van der Waals surface area contributed by atoms with E-state index in [4.69, 9.17) is 0 Å². The summed E-state index contributed by atoms with van der Waals surface area (Å²) in [6.07, 6.45) is 2.51.